The van der Waals surface area contributed by atoms with E-state index in [4.69, 9.17) is 60.5 Å². The van der Waals surface area contributed by atoms with Gasteiger partial charge in [-0.1, -0.05) is 206 Å². The van der Waals surface area contributed by atoms with Crippen LogP contribution in [0, 0.1) is 11.8 Å². The van der Waals surface area contributed by atoms with E-state index in [9.17, 15) is 48.3 Å². The Balaban J connectivity index is 0.000000245. The van der Waals surface area contributed by atoms with Gasteiger partial charge in [0.15, 0.2) is 22.7 Å². The number of Topliss-reactive ketones (excluding diaryl/α,β-unsaturated/α-hetero) is 3. The number of ether oxygens (including phenoxy) is 6. The van der Waals surface area contributed by atoms with Gasteiger partial charge in [-0.05, 0) is 175 Å². The number of hydrogen-bond donors (Lipinski definition) is 5. The fourth-order valence-corrected chi connectivity index (χ4v) is 15.3. The highest BCUT2D eigenvalue weighted by atomic mass is 35.5. The minimum Gasteiger partial charge on any atom is -0.445 e. The van der Waals surface area contributed by atoms with Crippen molar-refractivity contribution >= 4 is 98.9 Å². The molecule has 1 unspecified atom stereocenters. The number of hydrogen-bond acceptors (Lipinski definition) is 20. The van der Waals surface area contributed by atoms with Gasteiger partial charge in [-0.25, -0.2) is 29.1 Å². The van der Waals surface area contributed by atoms with Gasteiger partial charge in [0, 0.05) is 73.7 Å². The molecule has 26 nitrogen and oxygen atoms in total. The molecule has 8 aromatic carbocycles. The lowest BCUT2D eigenvalue weighted by atomic mass is 9.88. The predicted molar refractivity (Wildman–Crippen MR) is 477 cm³/mol. The molecule has 12 rings (SSSR count). The molecule has 2 aliphatic rings. The second-order valence-electron chi connectivity index (χ2n) is 33.6. The Kier molecular flexibility index (Phi) is 35.3. The topological polar surface area (TPSA) is 336 Å². The standard InChI is InChI=1S/C49H57ClN4O9.C49H55ClN4O9/c2*1-49(2,3)63-47(58)51-27-13-12-18-36(44(56)45-52-39-19-10-11-20-43(39)62-45)28-42(55)41-29-38(60-31-35-21-24-37(50)25-22-35)30-54(41)46(57)40(26-23-33-14-6-4-7-15-33)53-48(59)61-32-34-16-8-5-9-17-34/h4-11,14-17,19-22,24-25,36,38,40-41,44,56H,12-13,18,23,26-32H2,1-3H3,(H,51,58)(H,53,59);4-11,14-17,19-22,24-25,36,38,40-41H,12-13,18,23,26-32H2,1-3H3,(H,51,58)(H,53,59)/t36-,38-,40-,41+,44?;36-,38-,40-,41+/m11/s1. The number of ketones is 3. The first kappa shape index (κ1) is 94.9. The van der Waals surface area contributed by atoms with Gasteiger partial charge in [-0.2, -0.15) is 0 Å². The molecule has 0 radical (unpaired) electrons. The maximum atomic E-state index is 14.8. The Labute approximate surface area is 744 Å². The summed E-state index contributed by atoms with van der Waals surface area (Å²) in [4.78, 5) is 136. The highest BCUT2D eigenvalue weighted by molar-refractivity contribution is 6.30. The first-order valence-corrected chi connectivity index (χ1v) is 43.7. The summed E-state index contributed by atoms with van der Waals surface area (Å²) in [5, 5.41) is 24.1. The van der Waals surface area contributed by atoms with Crippen LogP contribution in [0.5, 0.6) is 0 Å². The molecule has 0 saturated carbocycles. The van der Waals surface area contributed by atoms with Crippen LogP contribution in [0.4, 0.5) is 19.2 Å². The van der Waals surface area contributed by atoms with Crippen molar-refractivity contribution < 1.29 is 85.5 Å². The number of nitrogens with zero attached hydrogens (tertiary/aromatic N) is 4. The lowest BCUT2D eigenvalue weighted by Crippen LogP contribution is -2.52. The van der Waals surface area contributed by atoms with Gasteiger partial charge in [0.2, 0.25) is 23.5 Å². The van der Waals surface area contributed by atoms with E-state index >= 15 is 0 Å². The zero-order valence-corrected chi connectivity index (χ0v) is 73.5. The minimum absolute atomic E-state index is 0.00424. The Morgan fingerprint density at radius 1 is 0.444 bits per heavy atom. The van der Waals surface area contributed by atoms with Crippen molar-refractivity contribution in [2.45, 2.75) is 212 Å². The number of carbonyl (C=O) groups is 9. The van der Waals surface area contributed by atoms with Crippen LogP contribution in [0.1, 0.15) is 175 Å². The number of aryl methyl sites for hydroxylation is 2. The number of para-hydroxylation sites is 4. The summed E-state index contributed by atoms with van der Waals surface area (Å²) in [5.41, 5.74) is 5.99. The van der Waals surface area contributed by atoms with Gasteiger partial charge in [0.05, 0.1) is 37.5 Å². The number of rotatable bonds is 40. The molecule has 4 heterocycles. The summed E-state index contributed by atoms with van der Waals surface area (Å²) in [6.45, 7) is 12.0. The molecule has 126 heavy (non-hydrogen) atoms. The molecule has 9 atom stereocenters. The summed E-state index contributed by atoms with van der Waals surface area (Å²) in [7, 11) is 0. The average molecular weight is 1760 g/mol. The van der Waals surface area contributed by atoms with E-state index in [0.29, 0.717) is 90.3 Å². The average Bonchev–Trinajstić information content (AvgIpc) is 1.54. The third-order valence-corrected chi connectivity index (χ3v) is 22.0. The second-order valence-corrected chi connectivity index (χ2v) is 34.5. The van der Waals surface area contributed by atoms with E-state index in [2.05, 4.69) is 31.2 Å². The van der Waals surface area contributed by atoms with E-state index in [1.807, 2.05) is 158 Å². The number of aromatic nitrogens is 2. The minimum atomic E-state index is -1.25. The van der Waals surface area contributed by atoms with Gasteiger partial charge in [0.1, 0.15) is 53.6 Å². The normalized spacial score (nSPS) is 16.3. The number of oxazole rings is 2. The zero-order valence-electron chi connectivity index (χ0n) is 72.0. The number of fused-ring (bicyclic) bond motifs is 2. The van der Waals surface area contributed by atoms with E-state index < -0.39 is 107 Å². The van der Waals surface area contributed by atoms with Crippen LogP contribution < -0.4 is 21.3 Å². The summed E-state index contributed by atoms with van der Waals surface area (Å²) < 4.78 is 46.3. The molecule has 2 aliphatic heterocycles. The number of halogens is 2. The molecule has 28 heteroatoms. The molecule has 5 N–H and O–H groups in total. The maximum absolute atomic E-state index is 14.8. The molecule has 666 valence electrons. The zero-order chi connectivity index (χ0) is 89.5. The molecule has 0 spiro atoms. The lowest BCUT2D eigenvalue weighted by molar-refractivity contribution is -0.140. The van der Waals surface area contributed by atoms with E-state index in [1.54, 1.807) is 102 Å². The van der Waals surface area contributed by atoms with Crippen molar-refractivity contribution in [1.29, 1.82) is 0 Å². The molecule has 2 fully saturated rings. The third kappa shape index (κ3) is 30.2. The monoisotopic (exact) mass is 1760 g/mol. The van der Waals surface area contributed by atoms with Gasteiger partial charge >= 0.3 is 24.4 Å². The number of likely N-dealkylation sites (tertiary alicyclic amines) is 2. The summed E-state index contributed by atoms with van der Waals surface area (Å²) in [6, 6.07) is 62.4. The molecule has 2 aromatic heterocycles. The quantitative estimate of drug-likeness (QED) is 0.0135. The van der Waals surface area contributed by atoms with Gasteiger partial charge in [0.25, 0.3) is 5.89 Å². The number of benzene rings is 8. The first-order valence-electron chi connectivity index (χ1n) is 42.9. The van der Waals surface area contributed by atoms with Crippen molar-refractivity contribution in [1.82, 2.24) is 41.0 Å². The van der Waals surface area contributed by atoms with Gasteiger partial charge in [-0.15, -0.1) is 0 Å². The van der Waals surface area contributed by atoms with Crippen molar-refractivity contribution in [3.63, 3.8) is 0 Å². The van der Waals surface area contributed by atoms with Crippen molar-refractivity contribution in [2.24, 2.45) is 11.8 Å². The lowest BCUT2D eigenvalue weighted by Gasteiger charge is -2.30. The van der Waals surface area contributed by atoms with E-state index in [0.717, 1.165) is 33.4 Å². The molecule has 2 saturated heterocycles. The molecule has 0 aliphatic carbocycles. The number of amides is 6. The largest absolute Gasteiger partial charge is 0.445 e. The molecular formula is C98H112Cl2N8O18. The van der Waals surface area contributed by atoms with Crippen LogP contribution in [0.2, 0.25) is 10.0 Å². The van der Waals surface area contributed by atoms with Crippen LogP contribution >= 0.6 is 23.2 Å². The number of nitrogens with one attached hydrogen (secondary N) is 4. The first-order chi connectivity index (χ1) is 60.6. The van der Waals surface area contributed by atoms with Crippen molar-refractivity contribution in [2.75, 3.05) is 26.2 Å². The van der Waals surface area contributed by atoms with E-state index in [-0.39, 0.29) is 108 Å². The van der Waals surface area contributed by atoms with Gasteiger partial charge in [-0.3, -0.25) is 24.0 Å². The Morgan fingerprint density at radius 3 is 1.26 bits per heavy atom. The third-order valence-electron chi connectivity index (χ3n) is 21.5. The number of unbranched alkanes of at least 4 members (excludes halogenated alkanes) is 2. The van der Waals surface area contributed by atoms with Crippen LogP contribution in [0.3, 0.4) is 0 Å². The highest BCUT2D eigenvalue weighted by Gasteiger charge is 2.46. The van der Waals surface area contributed by atoms with Crippen LogP contribution in [-0.4, -0.2) is 152 Å². The second kappa shape index (κ2) is 47.0. The number of aliphatic hydroxyl groups excluding tert-OH is 1. The molecule has 6 amide bonds. The van der Waals surface area contributed by atoms with Crippen LogP contribution in [0.15, 0.2) is 227 Å². The SMILES string of the molecule is CC(C)(C)OC(=O)NCCCC[C@H](CC(=O)[C@@H]1C[C@@H](OCc2ccc(Cl)cc2)CN1C(=O)[C@@H](CCc1ccccc1)NC(=O)OCc1ccccc1)C(=O)c1nc2ccccc2o1.CC(C)(C)OC(=O)NCCCC[C@H](CC(=O)[C@@H]1C[C@@H](OCc2ccc(Cl)cc2)CN1C(=O)[C@@H](CCc1ccccc1)NC(=O)OCc1ccccc1)C(O)c1nc2ccccc2o1. The number of carbonyl (C=O) groups excluding carboxylic acids is 9. The molecule has 0 bridgehead atoms. The summed E-state index contributed by atoms with van der Waals surface area (Å²) >= 11 is 12.2. The summed E-state index contributed by atoms with van der Waals surface area (Å²) in [6.07, 6.45) is -0.697. The fraction of sp³-hybridized carbons (Fsp3) is 0.398. The Morgan fingerprint density at radius 2 is 0.833 bits per heavy atom. The smallest absolute Gasteiger partial charge is 0.408 e. The predicted octanol–water partition coefficient (Wildman–Crippen LogP) is 17.9. The number of aliphatic hydroxyl groups is 1. The molecule has 10 aromatic rings. The van der Waals surface area contributed by atoms with Crippen LogP contribution in [-0.2, 0) is 86.9 Å². The van der Waals surface area contributed by atoms with Crippen molar-refractivity contribution in [3.8, 4) is 0 Å². The molecular weight excluding hydrogens is 1650 g/mol. The summed E-state index contributed by atoms with van der Waals surface area (Å²) in [5.74, 6) is -3.48. The van der Waals surface area contributed by atoms with Crippen molar-refractivity contribution in [3.05, 3.63) is 274 Å². The Bertz CT molecular complexity index is 5120. The maximum Gasteiger partial charge on any atom is 0.408 e. The van der Waals surface area contributed by atoms with E-state index in [1.165, 1.54) is 9.80 Å². The Hall–Kier alpha value is -11.8. The number of alkyl carbamates (subject to hydrolysis) is 4. The highest BCUT2D eigenvalue weighted by Crippen LogP contribution is 2.36. The van der Waals surface area contributed by atoms with Gasteiger partial charge < -0.3 is 73.4 Å². The fourth-order valence-electron chi connectivity index (χ4n) is 15.1. The van der Waals surface area contributed by atoms with Crippen LogP contribution in [0.25, 0.3) is 22.2 Å².